The van der Waals surface area contributed by atoms with Gasteiger partial charge in [-0.2, -0.15) is 0 Å². The van der Waals surface area contributed by atoms with Crippen molar-refractivity contribution >= 4 is 23.4 Å². The van der Waals surface area contributed by atoms with Crippen molar-refractivity contribution in [1.29, 1.82) is 0 Å². The molecule has 3 aromatic carbocycles. The van der Waals surface area contributed by atoms with E-state index < -0.39 is 6.04 Å². The van der Waals surface area contributed by atoms with Gasteiger partial charge in [0.15, 0.2) is 0 Å². The molecule has 0 radical (unpaired) electrons. The maximum absolute atomic E-state index is 13.7. The normalized spacial score (nSPS) is 11.6. The number of rotatable bonds is 10. The number of nitrogens with zero attached hydrogens (tertiary/aromatic N) is 1. The molecule has 0 saturated carbocycles. The van der Waals surface area contributed by atoms with Crippen molar-refractivity contribution in [2.45, 2.75) is 45.7 Å². The Labute approximate surface area is 201 Å². The zero-order valence-corrected chi connectivity index (χ0v) is 20.0. The molecule has 1 N–H and O–H groups in total. The summed E-state index contributed by atoms with van der Waals surface area (Å²) in [6.45, 7) is 4.98. The van der Waals surface area contributed by atoms with Gasteiger partial charge in [-0.1, -0.05) is 85.3 Å². The SMILES string of the molecule is CCCNC(=O)[C@@H](Cc1ccccc1)N(Cc1ccccc1C)C(=O)Cc1cccc(Cl)c1. The molecule has 0 aliphatic carbocycles. The molecule has 1 atom stereocenters. The molecule has 0 spiro atoms. The van der Waals surface area contributed by atoms with Gasteiger partial charge in [0, 0.05) is 24.5 Å². The number of hydrogen-bond donors (Lipinski definition) is 1. The number of halogens is 1. The Bertz CT molecular complexity index is 1070. The van der Waals surface area contributed by atoms with Crippen LogP contribution < -0.4 is 5.32 Å². The number of hydrogen-bond acceptors (Lipinski definition) is 2. The second-order valence-electron chi connectivity index (χ2n) is 8.25. The second kappa shape index (κ2) is 12.2. The van der Waals surface area contributed by atoms with E-state index in [1.807, 2.05) is 80.6 Å². The molecule has 2 amide bonds. The van der Waals surface area contributed by atoms with E-state index in [4.69, 9.17) is 11.6 Å². The van der Waals surface area contributed by atoms with Crippen LogP contribution in [0.25, 0.3) is 0 Å². The number of carbonyl (C=O) groups is 2. The van der Waals surface area contributed by atoms with E-state index >= 15 is 0 Å². The van der Waals surface area contributed by atoms with Crippen molar-refractivity contribution in [3.8, 4) is 0 Å². The van der Waals surface area contributed by atoms with Gasteiger partial charge in [0.2, 0.25) is 11.8 Å². The number of nitrogens with one attached hydrogen (secondary N) is 1. The smallest absolute Gasteiger partial charge is 0.243 e. The lowest BCUT2D eigenvalue weighted by Gasteiger charge is -2.32. The minimum Gasteiger partial charge on any atom is -0.354 e. The first-order chi connectivity index (χ1) is 16.0. The summed E-state index contributed by atoms with van der Waals surface area (Å²) in [4.78, 5) is 28.7. The Hall–Kier alpha value is -3.11. The van der Waals surface area contributed by atoms with Crippen molar-refractivity contribution < 1.29 is 9.59 Å². The Kier molecular flexibility index (Phi) is 9.08. The van der Waals surface area contributed by atoms with Crippen LogP contribution in [0.2, 0.25) is 5.02 Å². The molecule has 33 heavy (non-hydrogen) atoms. The Balaban J connectivity index is 1.96. The molecule has 0 heterocycles. The van der Waals surface area contributed by atoms with Gasteiger partial charge in [-0.25, -0.2) is 0 Å². The maximum atomic E-state index is 13.7. The minimum absolute atomic E-state index is 0.104. The van der Waals surface area contributed by atoms with Crippen molar-refractivity contribution in [3.05, 3.63) is 106 Å². The van der Waals surface area contributed by atoms with Crippen molar-refractivity contribution in [2.24, 2.45) is 0 Å². The highest BCUT2D eigenvalue weighted by molar-refractivity contribution is 6.30. The van der Waals surface area contributed by atoms with Crippen molar-refractivity contribution in [1.82, 2.24) is 10.2 Å². The summed E-state index contributed by atoms with van der Waals surface area (Å²) in [5.74, 6) is -0.234. The van der Waals surface area contributed by atoms with Gasteiger partial charge in [0.1, 0.15) is 6.04 Å². The lowest BCUT2D eigenvalue weighted by Crippen LogP contribution is -2.51. The fraction of sp³-hybridized carbons (Fsp3) is 0.286. The standard InChI is InChI=1S/C28H31ClN2O2/c1-3-16-30-28(33)26(18-22-11-5-4-6-12-22)31(20-24-14-8-7-10-21(24)2)27(32)19-23-13-9-15-25(29)17-23/h4-15,17,26H,3,16,18-20H2,1-2H3,(H,30,33)/t26-/m1/s1. The highest BCUT2D eigenvalue weighted by Gasteiger charge is 2.30. The Morgan fingerprint density at radius 2 is 1.64 bits per heavy atom. The summed E-state index contributed by atoms with van der Waals surface area (Å²) in [5.41, 5.74) is 3.96. The largest absolute Gasteiger partial charge is 0.354 e. The van der Waals surface area contributed by atoms with E-state index in [1.165, 1.54) is 0 Å². The molecular formula is C28H31ClN2O2. The maximum Gasteiger partial charge on any atom is 0.243 e. The average Bonchev–Trinajstić information content (AvgIpc) is 2.81. The molecule has 5 heteroatoms. The number of benzene rings is 3. The summed E-state index contributed by atoms with van der Waals surface area (Å²) in [5, 5.41) is 3.60. The predicted molar refractivity (Wildman–Crippen MR) is 134 cm³/mol. The molecular weight excluding hydrogens is 432 g/mol. The van der Waals surface area contributed by atoms with E-state index in [-0.39, 0.29) is 18.2 Å². The van der Waals surface area contributed by atoms with E-state index in [9.17, 15) is 9.59 Å². The summed E-state index contributed by atoms with van der Waals surface area (Å²) < 4.78 is 0. The van der Waals surface area contributed by atoms with Crippen LogP contribution in [0.4, 0.5) is 0 Å². The minimum atomic E-state index is -0.620. The van der Waals surface area contributed by atoms with Crippen molar-refractivity contribution in [3.63, 3.8) is 0 Å². The van der Waals surface area contributed by atoms with Gasteiger partial charge in [0.05, 0.1) is 6.42 Å². The Morgan fingerprint density at radius 1 is 0.939 bits per heavy atom. The van der Waals surface area contributed by atoms with Gasteiger partial charge in [-0.05, 0) is 47.7 Å². The molecule has 172 valence electrons. The molecule has 0 aliphatic heterocycles. The molecule has 0 aromatic heterocycles. The molecule has 0 saturated heterocycles. The van der Waals surface area contributed by atoms with Crippen LogP contribution in [0.5, 0.6) is 0 Å². The summed E-state index contributed by atoms with van der Waals surface area (Å²) in [6.07, 6.45) is 1.46. The zero-order chi connectivity index (χ0) is 23.6. The third kappa shape index (κ3) is 7.19. The van der Waals surface area contributed by atoms with Gasteiger partial charge in [-0.3, -0.25) is 9.59 Å². The summed E-state index contributed by atoms with van der Waals surface area (Å²) >= 11 is 6.15. The van der Waals surface area contributed by atoms with Crippen LogP contribution in [-0.4, -0.2) is 29.3 Å². The molecule has 0 unspecified atom stereocenters. The molecule has 3 aromatic rings. The van der Waals surface area contributed by atoms with Crippen molar-refractivity contribution in [2.75, 3.05) is 6.54 Å². The predicted octanol–water partition coefficient (Wildman–Crippen LogP) is 5.36. The monoisotopic (exact) mass is 462 g/mol. The van der Waals surface area contributed by atoms with E-state index in [0.717, 1.165) is 28.7 Å². The summed E-state index contributed by atoms with van der Waals surface area (Å²) in [7, 11) is 0. The van der Waals surface area contributed by atoms with Gasteiger partial charge in [0.25, 0.3) is 0 Å². The Morgan fingerprint density at radius 3 is 2.33 bits per heavy atom. The highest BCUT2D eigenvalue weighted by atomic mass is 35.5. The topological polar surface area (TPSA) is 49.4 Å². The van der Waals surface area contributed by atoms with Crippen LogP contribution in [0.15, 0.2) is 78.9 Å². The first-order valence-electron chi connectivity index (χ1n) is 11.4. The number of aryl methyl sites for hydroxylation is 1. The highest BCUT2D eigenvalue weighted by Crippen LogP contribution is 2.19. The first-order valence-corrected chi connectivity index (χ1v) is 11.8. The van der Waals surface area contributed by atoms with Gasteiger partial charge < -0.3 is 10.2 Å². The molecule has 4 nitrogen and oxygen atoms in total. The fourth-order valence-electron chi connectivity index (χ4n) is 3.81. The first kappa shape index (κ1) is 24.5. The van der Waals surface area contributed by atoms with Crippen LogP contribution in [0.1, 0.15) is 35.6 Å². The molecule has 0 bridgehead atoms. The third-order valence-electron chi connectivity index (χ3n) is 5.67. The fourth-order valence-corrected chi connectivity index (χ4v) is 4.03. The number of amides is 2. The lowest BCUT2D eigenvalue weighted by atomic mass is 10.0. The molecule has 0 fully saturated rings. The number of carbonyl (C=O) groups excluding carboxylic acids is 2. The van der Waals surface area contributed by atoms with Crippen LogP contribution in [0.3, 0.4) is 0 Å². The third-order valence-corrected chi connectivity index (χ3v) is 5.90. The molecule has 0 aliphatic rings. The van der Waals surface area contributed by atoms with E-state index in [2.05, 4.69) is 5.32 Å². The quantitative estimate of drug-likeness (QED) is 0.441. The van der Waals surface area contributed by atoms with Crippen LogP contribution >= 0.6 is 11.6 Å². The van der Waals surface area contributed by atoms with E-state index in [1.54, 1.807) is 17.0 Å². The average molecular weight is 463 g/mol. The van der Waals surface area contributed by atoms with Crippen LogP contribution in [-0.2, 0) is 29.0 Å². The van der Waals surface area contributed by atoms with E-state index in [0.29, 0.717) is 24.5 Å². The second-order valence-corrected chi connectivity index (χ2v) is 8.69. The molecule has 3 rings (SSSR count). The zero-order valence-electron chi connectivity index (χ0n) is 19.3. The van der Waals surface area contributed by atoms with Gasteiger partial charge in [-0.15, -0.1) is 0 Å². The summed E-state index contributed by atoms with van der Waals surface area (Å²) in [6, 6.07) is 24.5. The lowest BCUT2D eigenvalue weighted by molar-refractivity contribution is -0.140. The van der Waals surface area contributed by atoms with Gasteiger partial charge >= 0.3 is 0 Å². The van der Waals surface area contributed by atoms with Crippen LogP contribution in [0, 0.1) is 6.92 Å².